The Morgan fingerprint density at radius 1 is 0.750 bits per heavy atom. The fraction of sp³-hybridized carbons (Fsp3) is 0.636. The lowest BCUT2D eigenvalue weighted by atomic mass is 9.33. The van der Waals surface area contributed by atoms with Crippen LogP contribution in [0.1, 0.15) is 129 Å². The molecule has 0 N–H and O–H groups in total. The van der Waals surface area contributed by atoms with Gasteiger partial charge >= 0.3 is 11.9 Å². The molecule has 0 heterocycles. The highest BCUT2D eigenvalue weighted by atomic mass is 16.5. The first-order chi connectivity index (χ1) is 22.6. The van der Waals surface area contributed by atoms with E-state index in [1.54, 1.807) is 5.57 Å². The van der Waals surface area contributed by atoms with Gasteiger partial charge in [0.15, 0.2) is 0 Å². The minimum Gasteiger partial charge on any atom is -0.460 e. The summed E-state index contributed by atoms with van der Waals surface area (Å²) in [6.07, 6.45) is 12.8. The maximum Gasteiger partial charge on any atom is 0.338 e. The molecule has 0 amide bonds. The largest absolute Gasteiger partial charge is 0.460 e. The molecular weight excluding hydrogens is 592 g/mol. The van der Waals surface area contributed by atoms with Gasteiger partial charge in [-0.2, -0.15) is 0 Å². The number of fused-ring (bicyclic) bond motifs is 7. The second-order valence-electron chi connectivity index (χ2n) is 18.7. The molecule has 0 spiro atoms. The van der Waals surface area contributed by atoms with Crippen LogP contribution in [-0.4, -0.2) is 18.0 Å². The summed E-state index contributed by atoms with van der Waals surface area (Å²) in [5.41, 5.74) is 3.25. The highest BCUT2D eigenvalue weighted by Gasteiger charge is 2.69. The molecule has 4 nitrogen and oxygen atoms in total. The van der Waals surface area contributed by atoms with E-state index in [4.69, 9.17) is 9.47 Å². The highest BCUT2D eigenvalue weighted by molar-refractivity contribution is 5.89. The van der Waals surface area contributed by atoms with Gasteiger partial charge in [0.25, 0.3) is 0 Å². The predicted octanol–water partition coefficient (Wildman–Crippen LogP) is 10.8. The van der Waals surface area contributed by atoms with Crippen LogP contribution in [0.15, 0.2) is 72.3 Å². The maximum atomic E-state index is 14.3. The van der Waals surface area contributed by atoms with Crippen LogP contribution >= 0.6 is 0 Å². The molecule has 0 saturated heterocycles. The molecule has 7 rings (SSSR count). The minimum atomic E-state index is -0.441. The maximum absolute atomic E-state index is 14.3. The monoisotopic (exact) mass is 650 g/mol. The molecule has 0 radical (unpaired) electrons. The number of benzene rings is 2. The van der Waals surface area contributed by atoms with E-state index in [0.29, 0.717) is 24.0 Å². The van der Waals surface area contributed by atoms with Gasteiger partial charge in [0.1, 0.15) is 12.7 Å². The van der Waals surface area contributed by atoms with Crippen LogP contribution < -0.4 is 0 Å². The van der Waals surface area contributed by atoms with Crippen molar-refractivity contribution in [2.45, 2.75) is 125 Å². The van der Waals surface area contributed by atoms with Crippen LogP contribution in [0.25, 0.3) is 0 Å². The molecule has 258 valence electrons. The van der Waals surface area contributed by atoms with Crippen molar-refractivity contribution in [2.24, 2.45) is 50.2 Å². The molecule has 5 aliphatic carbocycles. The molecule has 4 fully saturated rings. The van der Waals surface area contributed by atoms with Crippen molar-refractivity contribution in [2.75, 3.05) is 0 Å². The number of ether oxygens (including phenoxy) is 2. The second-order valence-corrected chi connectivity index (χ2v) is 18.7. The Labute approximate surface area is 289 Å². The lowest BCUT2D eigenvalue weighted by Crippen LogP contribution is -2.65. The van der Waals surface area contributed by atoms with Crippen molar-refractivity contribution in [3.05, 3.63) is 83.4 Å². The summed E-state index contributed by atoms with van der Waals surface area (Å²) < 4.78 is 12.6. The Kier molecular flexibility index (Phi) is 8.12. The first-order valence-corrected chi connectivity index (χ1v) is 18.8. The molecule has 0 aromatic heterocycles. The molecule has 4 heteroatoms. The minimum absolute atomic E-state index is 0.0169. The number of allylic oxidation sites excluding steroid dienone is 2. The van der Waals surface area contributed by atoms with E-state index >= 15 is 0 Å². The summed E-state index contributed by atoms with van der Waals surface area (Å²) in [6, 6.07) is 19.6. The molecule has 0 unspecified atom stereocenters. The molecule has 2 aromatic rings. The number of carbonyl (C=O) groups excluding carboxylic acids is 2. The fourth-order valence-corrected chi connectivity index (χ4v) is 12.6. The quantitative estimate of drug-likeness (QED) is 0.239. The van der Waals surface area contributed by atoms with Crippen molar-refractivity contribution in [1.82, 2.24) is 0 Å². The average molecular weight is 651 g/mol. The van der Waals surface area contributed by atoms with Crippen LogP contribution in [0.5, 0.6) is 0 Å². The van der Waals surface area contributed by atoms with E-state index in [-0.39, 0.29) is 51.0 Å². The topological polar surface area (TPSA) is 52.6 Å². The number of carbonyl (C=O) groups is 2. The molecule has 5 aliphatic rings. The standard InChI is InChI=1S/C44H58O4/c1-39(2)22-24-44(38(46)47-29-30-14-10-8-11-15-30)25-23-42(6)33(34(44)28-39)18-19-36-41(5)27-32(48-37(45)31-16-12-9-13-17-31)26-40(3,4)35(41)20-21-43(36,42)7/h8-18,32,34-36H,19-29H2,1-7H3/t32-,34+,35+,36-,41+,42-,43-,44+/m1/s1. The van der Waals surface area contributed by atoms with Gasteiger partial charge in [0.05, 0.1) is 11.0 Å². The summed E-state index contributed by atoms with van der Waals surface area (Å²) in [7, 11) is 0. The van der Waals surface area contributed by atoms with E-state index < -0.39 is 5.41 Å². The third-order valence-electron chi connectivity index (χ3n) is 15.2. The molecule has 8 atom stereocenters. The van der Waals surface area contributed by atoms with E-state index in [1.807, 2.05) is 60.7 Å². The molecule has 48 heavy (non-hydrogen) atoms. The van der Waals surface area contributed by atoms with Gasteiger partial charge in [-0.3, -0.25) is 4.79 Å². The molecule has 4 saturated carbocycles. The zero-order chi connectivity index (χ0) is 34.2. The lowest BCUT2D eigenvalue weighted by molar-refractivity contribution is -0.202. The second kappa shape index (κ2) is 11.6. The third-order valence-corrected chi connectivity index (χ3v) is 15.2. The van der Waals surface area contributed by atoms with Crippen LogP contribution in [0, 0.1) is 50.2 Å². The molecule has 2 aromatic carbocycles. The van der Waals surface area contributed by atoms with Gasteiger partial charge in [-0.05, 0) is 127 Å². The zero-order valence-electron chi connectivity index (χ0n) is 30.6. The Bertz CT molecular complexity index is 1570. The van der Waals surface area contributed by atoms with Gasteiger partial charge < -0.3 is 9.47 Å². The average Bonchev–Trinajstić information content (AvgIpc) is 3.04. The summed E-state index contributed by atoms with van der Waals surface area (Å²) in [6.45, 7) is 17.7. The number of esters is 2. The van der Waals surface area contributed by atoms with E-state index in [9.17, 15) is 9.59 Å². The van der Waals surface area contributed by atoms with Crippen molar-refractivity contribution >= 4 is 11.9 Å². The van der Waals surface area contributed by atoms with Crippen LogP contribution in [-0.2, 0) is 20.9 Å². The molecule has 0 bridgehead atoms. The Morgan fingerprint density at radius 3 is 2.12 bits per heavy atom. The fourth-order valence-electron chi connectivity index (χ4n) is 12.6. The normalized spacial score (nSPS) is 39.4. The zero-order valence-corrected chi connectivity index (χ0v) is 30.6. The van der Waals surface area contributed by atoms with E-state index in [2.05, 4.69) is 54.5 Å². The van der Waals surface area contributed by atoms with Gasteiger partial charge in [-0.25, -0.2) is 4.79 Å². The summed E-state index contributed by atoms with van der Waals surface area (Å²) in [5.74, 6) is 1.11. The first kappa shape index (κ1) is 33.6. The Hall–Kier alpha value is -2.88. The van der Waals surface area contributed by atoms with E-state index in [0.717, 1.165) is 56.9 Å². The summed E-state index contributed by atoms with van der Waals surface area (Å²) >= 11 is 0. The summed E-state index contributed by atoms with van der Waals surface area (Å²) in [5, 5.41) is 0. The van der Waals surface area contributed by atoms with Gasteiger partial charge in [0.2, 0.25) is 0 Å². The van der Waals surface area contributed by atoms with Crippen LogP contribution in [0.4, 0.5) is 0 Å². The van der Waals surface area contributed by atoms with Crippen LogP contribution in [0.3, 0.4) is 0 Å². The third kappa shape index (κ3) is 5.21. The lowest BCUT2D eigenvalue weighted by Gasteiger charge is -2.71. The highest BCUT2D eigenvalue weighted by Crippen LogP contribution is 2.76. The predicted molar refractivity (Wildman–Crippen MR) is 191 cm³/mol. The van der Waals surface area contributed by atoms with Crippen molar-refractivity contribution < 1.29 is 19.1 Å². The molecule has 0 aliphatic heterocycles. The summed E-state index contributed by atoms with van der Waals surface area (Å²) in [4.78, 5) is 27.6. The van der Waals surface area contributed by atoms with Crippen molar-refractivity contribution in [1.29, 1.82) is 0 Å². The number of hydrogen-bond donors (Lipinski definition) is 0. The smallest absolute Gasteiger partial charge is 0.338 e. The van der Waals surface area contributed by atoms with Gasteiger partial charge in [-0.15, -0.1) is 0 Å². The number of rotatable bonds is 5. The first-order valence-electron chi connectivity index (χ1n) is 18.8. The van der Waals surface area contributed by atoms with E-state index in [1.165, 1.54) is 12.8 Å². The van der Waals surface area contributed by atoms with Gasteiger partial charge in [0, 0.05) is 0 Å². The van der Waals surface area contributed by atoms with Crippen LogP contribution in [0.2, 0.25) is 0 Å². The Morgan fingerprint density at radius 2 is 1.42 bits per heavy atom. The molecular formula is C44H58O4. The van der Waals surface area contributed by atoms with Crippen molar-refractivity contribution in [3.8, 4) is 0 Å². The Balaban J connectivity index is 1.21. The van der Waals surface area contributed by atoms with Crippen molar-refractivity contribution in [3.63, 3.8) is 0 Å². The van der Waals surface area contributed by atoms with Gasteiger partial charge in [-0.1, -0.05) is 109 Å². The number of hydrogen-bond acceptors (Lipinski definition) is 4. The SMILES string of the molecule is CC1(C)CC[C@]2(C(=O)OCc3ccccc3)CC[C@]3(C)C(=CC[C@@H]4[C@@]5(C)C[C@H](OC(=O)c6ccccc6)CC(C)(C)[C@@H]5CC[C@]43C)[C@@H]2C1.